The van der Waals surface area contributed by atoms with Crippen molar-refractivity contribution >= 4 is 11.7 Å². The lowest BCUT2D eigenvalue weighted by atomic mass is 9.93. The van der Waals surface area contributed by atoms with Crippen molar-refractivity contribution in [1.82, 2.24) is 24.4 Å². The molecule has 128 valence electrons. The van der Waals surface area contributed by atoms with Crippen LogP contribution in [-0.2, 0) is 17.8 Å². The molecule has 0 aliphatic carbocycles. The Kier molecular flexibility index (Phi) is 5.40. The number of nitrogen functional groups attached to an aromatic ring is 1. The Morgan fingerprint density at radius 1 is 1.29 bits per heavy atom. The van der Waals surface area contributed by atoms with Gasteiger partial charge in [-0.1, -0.05) is 0 Å². The first-order valence-electron chi connectivity index (χ1n) is 8.51. The van der Waals surface area contributed by atoms with Gasteiger partial charge in [-0.2, -0.15) is 0 Å². The number of likely N-dealkylation sites (tertiary alicyclic amines) is 1. The zero-order valence-corrected chi connectivity index (χ0v) is 13.8. The van der Waals surface area contributed by atoms with Crippen LogP contribution in [-0.4, -0.2) is 43.4 Å². The average molecular weight is 328 g/mol. The van der Waals surface area contributed by atoms with E-state index in [9.17, 15) is 4.79 Å². The van der Waals surface area contributed by atoms with Crippen LogP contribution in [0.3, 0.4) is 0 Å². The summed E-state index contributed by atoms with van der Waals surface area (Å²) in [7, 11) is 0. The van der Waals surface area contributed by atoms with Crippen molar-refractivity contribution in [3.63, 3.8) is 0 Å². The molecule has 3 heterocycles. The zero-order valence-electron chi connectivity index (χ0n) is 13.8. The highest BCUT2D eigenvalue weighted by Crippen LogP contribution is 2.22. The van der Waals surface area contributed by atoms with Gasteiger partial charge in [0, 0.05) is 50.8 Å². The van der Waals surface area contributed by atoms with Crippen LogP contribution >= 0.6 is 0 Å². The minimum atomic E-state index is 0.243. The van der Waals surface area contributed by atoms with Crippen LogP contribution in [0, 0.1) is 5.92 Å². The number of nitrogens with two attached hydrogens (primary N) is 1. The largest absolute Gasteiger partial charge is 0.382 e. The van der Waals surface area contributed by atoms with Crippen LogP contribution in [0.15, 0.2) is 31.1 Å². The standard InChI is InChI=1S/C17H24N6O/c18-17-15(20-5-6-21-17)11-14-3-1-9-23(12-14)16(24)4-2-8-22-10-7-19-13-22/h5-7,10,13-14H,1-4,8-9,11-12H2,(H2,18,21)/t14-/m0/s1. The van der Waals surface area contributed by atoms with Crippen molar-refractivity contribution in [1.29, 1.82) is 0 Å². The van der Waals surface area contributed by atoms with Crippen LogP contribution < -0.4 is 5.73 Å². The molecule has 0 unspecified atom stereocenters. The molecule has 0 saturated carbocycles. The molecule has 7 heteroatoms. The molecule has 1 amide bonds. The molecule has 2 aromatic heterocycles. The molecule has 7 nitrogen and oxygen atoms in total. The van der Waals surface area contributed by atoms with Crippen molar-refractivity contribution in [3.05, 3.63) is 36.8 Å². The smallest absolute Gasteiger partial charge is 0.222 e. The van der Waals surface area contributed by atoms with Gasteiger partial charge >= 0.3 is 0 Å². The monoisotopic (exact) mass is 328 g/mol. The fourth-order valence-corrected chi connectivity index (χ4v) is 3.26. The third kappa shape index (κ3) is 4.31. The summed E-state index contributed by atoms with van der Waals surface area (Å²) in [6, 6.07) is 0. The lowest BCUT2D eigenvalue weighted by Crippen LogP contribution is -2.40. The van der Waals surface area contributed by atoms with E-state index in [0.29, 0.717) is 18.2 Å². The molecule has 1 aliphatic heterocycles. The van der Waals surface area contributed by atoms with E-state index in [4.69, 9.17) is 5.73 Å². The first-order chi connectivity index (χ1) is 11.7. The molecule has 1 aliphatic rings. The van der Waals surface area contributed by atoms with E-state index in [1.54, 1.807) is 24.9 Å². The summed E-state index contributed by atoms with van der Waals surface area (Å²) in [5.74, 6) is 1.16. The number of carbonyl (C=O) groups is 1. The number of amides is 1. The molecular weight excluding hydrogens is 304 g/mol. The Bertz CT molecular complexity index is 657. The molecule has 0 aromatic carbocycles. The number of anilines is 1. The van der Waals surface area contributed by atoms with Crippen molar-refractivity contribution in [2.45, 2.75) is 38.6 Å². The second kappa shape index (κ2) is 7.90. The molecule has 3 rings (SSSR count). The van der Waals surface area contributed by atoms with Crippen LogP contribution in [0.5, 0.6) is 0 Å². The zero-order chi connectivity index (χ0) is 16.8. The quantitative estimate of drug-likeness (QED) is 0.868. The van der Waals surface area contributed by atoms with E-state index in [1.165, 1.54) is 0 Å². The summed E-state index contributed by atoms with van der Waals surface area (Å²) in [5, 5.41) is 0. The molecular formula is C17H24N6O. The summed E-state index contributed by atoms with van der Waals surface area (Å²) in [6.45, 7) is 2.48. The summed E-state index contributed by atoms with van der Waals surface area (Å²) >= 11 is 0. The lowest BCUT2D eigenvalue weighted by molar-refractivity contribution is -0.133. The molecule has 1 atom stereocenters. The molecule has 2 aromatic rings. The van der Waals surface area contributed by atoms with Gasteiger partial charge in [0.05, 0.1) is 12.0 Å². The molecule has 0 bridgehead atoms. The van der Waals surface area contributed by atoms with E-state index in [1.807, 2.05) is 15.7 Å². The van der Waals surface area contributed by atoms with E-state index >= 15 is 0 Å². The van der Waals surface area contributed by atoms with Crippen molar-refractivity contribution in [3.8, 4) is 0 Å². The van der Waals surface area contributed by atoms with Gasteiger partial charge in [-0.3, -0.25) is 9.78 Å². The summed E-state index contributed by atoms with van der Waals surface area (Å²) in [6.07, 6.45) is 13.1. The number of aromatic nitrogens is 4. The first kappa shape index (κ1) is 16.4. The third-order valence-corrected chi connectivity index (χ3v) is 4.53. The maximum Gasteiger partial charge on any atom is 0.222 e. The second-order valence-corrected chi connectivity index (χ2v) is 6.34. The van der Waals surface area contributed by atoms with Gasteiger partial charge in [-0.05, 0) is 31.6 Å². The maximum atomic E-state index is 12.4. The highest BCUT2D eigenvalue weighted by Gasteiger charge is 2.24. The molecule has 24 heavy (non-hydrogen) atoms. The van der Waals surface area contributed by atoms with Gasteiger partial charge < -0.3 is 15.2 Å². The molecule has 0 radical (unpaired) electrons. The Hall–Kier alpha value is -2.44. The molecule has 2 N–H and O–H groups in total. The summed E-state index contributed by atoms with van der Waals surface area (Å²) < 4.78 is 2.00. The summed E-state index contributed by atoms with van der Waals surface area (Å²) in [4.78, 5) is 26.9. The van der Waals surface area contributed by atoms with Crippen LogP contribution in [0.1, 0.15) is 31.4 Å². The third-order valence-electron chi connectivity index (χ3n) is 4.53. The van der Waals surface area contributed by atoms with Crippen LogP contribution in [0.2, 0.25) is 0 Å². The summed E-state index contributed by atoms with van der Waals surface area (Å²) in [5.41, 5.74) is 6.73. The van der Waals surface area contributed by atoms with Crippen LogP contribution in [0.4, 0.5) is 5.82 Å². The molecule has 1 fully saturated rings. The predicted molar refractivity (Wildman–Crippen MR) is 90.9 cm³/mol. The van der Waals surface area contributed by atoms with Crippen molar-refractivity contribution in [2.75, 3.05) is 18.8 Å². The van der Waals surface area contributed by atoms with Crippen LogP contribution in [0.25, 0.3) is 0 Å². The highest BCUT2D eigenvalue weighted by molar-refractivity contribution is 5.76. The average Bonchev–Trinajstić information content (AvgIpc) is 3.10. The number of aryl methyl sites for hydroxylation is 1. The minimum absolute atomic E-state index is 0.243. The minimum Gasteiger partial charge on any atom is -0.382 e. The topological polar surface area (TPSA) is 89.9 Å². The number of hydrogen-bond acceptors (Lipinski definition) is 5. The van der Waals surface area contributed by atoms with Gasteiger partial charge in [-0.15, -0.1) is 0 Å². The number of rotatable bonds is 6. The van der Waals surface area contributed by atoms with Gasteiger partial charge in [0.1, 0.15) is 5.82 Å². The Morgan fingerprint density at radius 2 is 2.17 bits per heavy atom. The van der Waals surface area contributed by atoms with Crippen molar-refractivity contribution in [2.24, 2.45) is 5.92 Å². The number of carbonyl (C=O) groups excluding carboxylic acids is 1. The van der Waals surface area contributed by atoms with E-state index in [0.717, 1.165) is 51.0 Å². The molecule has 0 spiro atoms. The van der Waals surface area contributed by atoms with Gasteiger partial charge in [0.15, 0.2) is 0 Å². The van der Waals surface area contributed by atoms with E-state index < -0.39 is 0 Å². The fraction of sp³-hybridized carbons (Fsp3) is 0.529. The number of imidazole rings is 1. The van der Waals surface area contributed by atoms with Gasteiger partial charge in [0.25, 0.3) is 0 Å². The second-order valence-electron chi connectivity index (χ2n) is 6.34. The Labute approximate surface area is 141 Å². The normalized spacial score (nSPS) is 17.8. The highest BCUT2D eigenvalue weighted by atomic mass is 16.2. The van der Waals surface area contributed by atoms with E-state index in [-0.39, 0.29) is 5.91 Å². The lowest BCUT2D eigenvalue weighted by Gasteiger charge is -2.33. The molecule has 1 saturated heterocycles. The number of piperidine rings is 1. The maximum absolute atomic E-state index is 12.4. The Morgan fingerprint density at radius 3 is 2.96 bits per heavy atom. The van der Waals surface area contributed by atoms with Gasteiger partial charge in [-0.25, -0.2) is 9.97 Å². The fourth-order valence-electron chi connectivity index (χ4n) is 3.26. The van der Waals surface area contributed by atoms with Crippen molar-refractivity contribution < 1.29 is 4.79 Å². The first-order valence-corrected chi connectivity index (χ1v) is 8.51. The van der Waals surface area contributed by atoms with Gasteiger partial charge in [0.2, 0.25) is 5.91 Å². The number of hydrogen-bond donors (Lipinski definition) is 1. The SMILES string of the molecule is Nc1nccnc1C[C@@H]1CCCN(C(=O)CCCn2ccnc2)C1. The number of nitrogens with zero attached hydrogens (tertiary/aromatic N) is 5. The van der Waals surface area contributed by atoms with E-state index in [2.05, 4.69) is 15.0 Å². The predicted octanol–water partition coefficient (Wildman–Crippen LogP) is 1.52. The Balaban J connectivity index is 1.47.